The Morgan fingerprint density at radius 2 is 1.77 bits per heavy atom. The molecule has 1 unspecified atom stereocenters. The molecule has 6 nitrogen and oxygen atoms in total. The van der Waals surface area contributed by atoms with Crippen LogP contribution in [0.4, 0.5) is 0 Å². The minimum atomic E-state index is -1.08. The summed E-state index contributed by atoms with van der Waals surface area (Å²) in [6.07, 6.45) is 4.99. The van der Waals surface area contributed by atoms with Gasteiger partial charge in [0.2, 0.25) is 0 Å². The van der Waals surface area contributed by atoms with Crippen LogP contribution < -0.4 is 5.32 Å². The van der Waals surface area contributed by atoms with E-state index in [0.717, 1.165) is 24.2 Å². The van der Waals surface area contributed by atoms with E-state index in [1.54, 1.807) is 12.4 Å². The summed E-state index contributed by atoms with van der Waals surface area (Å²) in [6.45, 7) is -0.151. The van der Waals surface area contributed by atoms with Crippen molar-refractivity contribution in [2.45, 2.75) is 25.4 Å². The lowest BCUT2D eigenvalue weighted by Gasteiger charge is -2.11. The van der Waals surface area contributed by atoms with Gasteiger partial charge in [-0.05, 0) is 12.0 Å². The number of hydrogen-bond acceptors (Lipinski definition) is 5. The molecule has 1 heterocycles. The third-order valence-electron chi connectivity index (χ3n) is 3.27. The maximum absolute atomic E-state index is 10.8. The van der Waals surface area contributed by atoms with Gasteiger partial charge in [-0.2, -0.15) is 0 Å². The van der Waals surface area contributed by atoms with Gasteiger partial charge >= 0.3 is 5.97 Å². The van der Waals surface area contributed by atoms with Crippen LogP contribution in [0.2, 0.25) is 0 Å². The Balaban J connectivity index is 1.83. The molecule has 0 bridgehead atoms. The monoisotopic (exact) mass is 301 g/mol. The number of nitrogens with one attached hydrogen (secondary N) is 1. The lowest BCUT2D eigenvalue weighted by atomic mass is 10.1. The standard InChI is InChI=1S/C16H19N3O3/c20-11-14(16(21)22)17-8-13-9-18-15(19-10-13)7-6-12-4-2-1-3-5-12/h1-5,9-10,14,17,20H,6-8,11H2,(H,21,22). The van der Waals surface area contributed by atoms with Gasteiger partial charge in [-0.25, -0.2) is 9.97 Å². The van der Waals surface area contributed by atoms with E-state index in [9.17, 15) is 4.79 Å². The van der Waals surface area contributed by atoms with Crippen molar-refractivity contribution in [2.75, 3.05) is 6.61 Å². The van der Waals surface area contributed by atoms with E-state index in [2.05, 4.69) is 27.4 Å². The number of rotatable bonds is 8. The van der Waals surface area contributed by atoms with Gasteiger partial charge in [-0.15, -0.1) is 0 Å². The number of nitrogens with zero attached hydrogens (tertiary/aromatic N) is 2. The fourth-order valence-corrected chi connectivity index (χ4v) is 1.97. The van der Waals surface area contributed by atoms with Crippen molar-refractivity contribution in [2.24, 2.45) is 0 Å². The van der Waals surface area contributed by atoms with E-state index in [0.29, 0.717) is 6.54 Å². The molecule has 0 aliphatic rings. The number of carboxylic acid groups (broad SMARTS) is 1. The fourth-order valence-electron chi connectivity index (χ4n) is 1.97. The average molecular weight is 301 g/mol. The van der Waals surface area contributed by atoms with Crippen LogP contribution in [-0.4, -0.2) is 38.8 Å². The molecule has 0 saturated heterocycles. The van der Waals surface area contributed by atoms with Gasteiger partial charge in [-0.1, -0.05) is 30.3 Å². The smallest absolute Gasteiger partial charge is 0.323 e. The number of aliphatic hydroxyl groups excluding tert-OH is 1. The number of hydrogen-bond donors (Lipinski definition) is 3. The summed E-state index contributed by atoms with van der Waals surface area (Å²) in [5.74, 6) is -0.326. The highest BCUT2D eigenvalue weighted by atomic mass is 16.4. The van der Waals surface area contributed by atoms with E-state index in [-0.39, 0.29) is 0 Å². The van der Waals surface area contributed by atoms with Crippen molar-refractivity contribution in [3.05, 3.63) is 59.7 Å². The second-order valence-electron chi connectivity index (χ2n) is 4.95. The number of aliphatic carboxylic acids is 1. The molecule has 116 valence electrons. The highest BCUT2D eigenvalue weighted by molar-refractivity contribution is 5.73. The Morgan fingerprint density at radius 3 is 2.36 bits per heavy atom. The van der Waals surface area contributed by atoms with E-state index < -0.39 is 18.6 Å². The van der Waals surface area contributed by atoms with Gasteiger partial charge in [0.05, 0.1) is 6.61 Å². The normalized spacial score (nSPS) is 12.0. The van der Waals surface area contributed by atoms with Crippen LogP contribution in [0, 0.1) is 0 Å². The molecule has 0 radical (unpaired) electrons. The van der Waals surface area contributed by atoms with E-state index in [4.69, 9.17) is 10.2 Å². The van der Waals surface area contributed by atoms with E-state index in [1.165, 1.54) is 5.56 Å². The number of aryl methyl sites for hydroxylation is 2. The van der Waals surface area contributed by atoms with Crippen LogP contribution in [0.1, 0.15) is 17.0 Å². The minimum Gasteiger partial charge on any atom is -0.480 e. The predicted molar refractivity (Wildman–Crippen MR) is 81.2 cm³/mol. The second-order valence-corrected chi connectivity index (χ2v) is 4.95. The fraction of sp³-hybridized carbons (Fsp3) is 0.312. The lowest BCUT2D eigenvalue weighted by Crippen LogP contribution is -2.39. The van der Waals surface area contributed by atoms with Crippen LogP contribution in [0.5, 0.6) is 0 Å². The maximum Gasteiger partial charge on any atom is 0.323 e. The Morgan fingerprint density at radius 1 is 1.09 bits per heavy atom. The number of benzene rings is 1. The van der Waals surface area contributed by atoms with Gasteiger partial charge in [0, 0.05) is 30.9 Å². The van der Waals surface area contributed by atoms with Gasteiger partial charge < -0.3 is 10.2 Å². The molecule has 3 N–H and O–H groups in total. The molecule has 2 aromatic rings. The highest BCUT2D eigenvalue weighted by Crippen LogP contribution is 2.04. The summed E-state index contributed by atoms with van der Waals surface area (Å²) in [5, 5.41) is 20.5. The molecule has 1 atom stereocenters. The number of carbonyl (C=O) groups is 1. The SMILES string of the molecule is O=C(O)C(CO)NCc1cnc(CCc2ccccc2)nc1. The summed E-state index contributed by atoms with van der Waals surface area (Å²) in [4.78, 5) is 19.3. The summed E-state index contributed by atoms with van der Waals surface area (Å²) in [6, 6.07) is 9.16. The molecule has 6 heteroatoms. The van der Waals surface area contributed by atoms with E-state index >= 15 is 0 Å². The molecule has 22 heavy (non-hydrogen) atoms. The van der Waals surface area contributed by atoms with Crippen molar-refractivity contribution < 1.29 is 15.0 Å². The predicted octanol–water partition coefficient (Wildman–Crippen LogP) is 0.797. The largest absolute Gasteiger partial charge is 0.480 e. The van der Waals surface area contributed by atoms with Crippen molar-refractivity contribution in [1.29, 1.82) is 0 Å². The Hall–Kier alpha value is -2.31. The first-order valence-corrected chi connectivity index (χ1v) is 7.10. The molecule has 0 fully saturated rings. The number of carboxylic acids is 1. The Labute approximate surface area is 128 Å². The molecule has 1 aromatic carbocycles. The first-order valence-electron chi connectivity index (χ1n) is 7.10. The van der Waals surface area contributed by atoms with E-state index in [1.807, 2.05) is 18.2 Å². The summed E-state index contributed by atoms with van der Waals surface area (Å²) in [7, 11) is 0. The third-order valence-corrected chi connectivity index (χ3v) is 3.27. The van der Waals surface area contributed by atoms with Crippen molar-refractivity contribution in [3.8, 4) is 0 Å². The minimum absolute atomic E-state index is 0.302. The molecule has 0 amide bonds. The Kier molecular flexibility index (Phi) is 6.00. The zero-order valence-corrected chi connectivity index (χ0v) is 12.1. The quantitative estimate of drug-likeness (QED) is 0.667. The van der Waals surface area contributed by atoms with Crippen LogP contribution in [0.25, 0.3) is 0 Å². The van der Waals surface area contributed by atoms with Crippen LogP contribution in [-0.2, 0) is 24.2 Å². The molecule has 1 aromatic heterocycles. The molecule has 0 aliphatic carbocycles. The first-order chi connectivity index (χ1) is 10.7. The average Bonchev–Trinajstić information content (AvgIpc) is 2.55. The van der Waals surface area contributed by atoms with Gasteiger partial charge in [-0.3, -0.25) is 10.1 Å². The summed E-state index contributed by atoms with van der Waals surface area (Å²) >= 11 is 0. The third kappa shape index (κ3) is 4.91. The Bertz CT molecular complexity index is 587. The van der Waals surface area contributed by atoms with Crippen LogP contribution in [0.3, 0.4) is 0 Å². The maximum atomic E-state index is 10.8. The molecule has 2 rings (SSSR count). The molecule has 0 aliphatic heterocycles. The van der Waals surface area contributed by atoms with Gasteiger partial charge in [0.1, 0.15) is 11.9 Å². The van der Waals surface area contributed by atoms with Gasteiger partial charge in [0.15, 0.2) is 0 Å². The topological polar surface area (TPSA) is 95.3 Å². The zero-order valence-electron chi connectivity index (χ0n) is 12.1. The molecular weight excluding hydrogens is 282 g/mol. The summed E-state index contributed by atoms with van der Waals surface area (Å²) < 4.78 is 0. The van der Waals surface area contributed by atoms with Crippen LogP contribution >= 0.6 is 0 Å². The number of aliphatic hydroxyl groups is 1. The van der Waals surface area contributed by atoms with Crippen molar-refractivity contribution in [1.82, 2.24) is 15.3 Å². The second kappa shape index (κ2) is 8.21. The molecular formula is C16H19N3O3. The first kappa shape index (κ1) is 16.1. The lowest BCUT2D eigenvalue weighted by molar-refractivity contribution is -0.140. The highest BCUT2D eigenvalue weighted by Gasteiger charge is 2.14. The van der Waals surface area contributed by atoms with Crippen molar-refractivity contribution in [3.63, 3.8) is 0 Å². The van der Waals surface area contributed by atoms with Gasteiger partial charge in [0.25, 0.3) is 0 Å². The number of aromatic nitrogens is 2. The molecule has 0 saturated carbocycles. The van der Waals surface area contributed by atoms with Crippen molar-refractivity contribution >= 4 is 5.97 Å². The zero-order chi connectivity index (χ0) is 15.8. The summed E-state index contributed by atoms with van der Waals surface area (Å²) in [5.41, 5.74) is 2.02. The van der Waals surface area contributed by atoms with Crippen LogP contribution in [0.15, 0.2) is 42.7 Å². The molecule has 0 spiro atoms.